The predicted molar refractivity (Wildman–Crippen MR) is 115 cm³/mol. The van der Waals surface area contributed by atoms with E-state index in [9.17, 15) is 14.4 Å². The number of halogens is 1. The molecule has 2 aromatic rings. The number of carbonyl (C=O) groups excluding carboxylic acids is 3. The van der Waals surface area contributed by atoms with E-state index in [2.05, 4.69) is 21.2 Å². The molecule has 30 heavy (non-hydrogen) atoms. The number of Topliss-reactive ketones (excluding diaryl/α,β-unsaturated/α-hetero) is 1. The minimum absolute atomic E-state index is 0.0838. The summed E-state index contributed by atoms with van der Waals surface area (Å²) < 4.78 is 11.2. The molecule has 0 saturated carbocycles. The van der Waals surface area contributed by atoms with Crippen molar-refractivity contribution in [2.24, 2.45) is 0 Å². The highest BCUT2D eigenvalue weighted by Crippen LogP contribution is 2.37. The second-order valence-corrected chi connectivity index (χ2v) is 7.59. The summed E-state index contributed by atoms with van der Waals surface area (Å²) >= 11 is 3.39. The molecule has 0 fully saturated rings. The van der Waals surface area contributed by atoms with Gasteiger partial charge in [-0.15, -0.1) is 0 Å². The van der Waals surface area contributed by atoms with Crippen molar-refractivity contribution in [3.8, 4) is 0 Å². The van der Waals surface area contributed by atoms with Gasteiger partial charge in [-0.3, -0.25) is 10.1 Å². The van der Waals surface area contributed by atoms with Gasteiger partial charge in [0.2, 0.25) is 5.54 Å². The molecule has 1 N–H and O–H groups in total. The van der Waals surface area contributed by atoms with Crippen molar-refractivity contribution in [1.29, 1.82) is 0 Å². The summed E-state index contributed by atoms with van der Waals surface area (Å²) in [5, 5.41) is 3.03. The number of hydrogen-bond donors (Lipinski definition) is 1. The molecule has 0 radical (unpaired) electrons. The highest BCUT2D eigenvalue weighted by molar-refractivity contribution is 9.10. The molecule has 156 valence electrons. The maximum absolute atomic E-state index is 13.3. The Morgan fingerprint density at radius 1 is 0.933 bits per heavy atom. The molecule has 0 aromatic heterocycles. The van der Waals surface area contributed by atoms with Gasteiger partial charge >= 0.3 is 11.9 Å². The van der Waals surface area contributed by atoms with Crippen LogP contribution in [0.2, 0.25) is 0 Å². The van der Waals surface area contributed by atoms with E-state index in [4.69, 9.17) is 9.47 Å². The number of ketones is 1. The van der Waals surface area contributed by atoms with E-state index < -0.39 is 23.5 Å². The van der Waals surface area contributed by atoms with Gasteiger partial charge in [-0.1, -0.05) is 58.4 Å². The van der Waals surface area contributed by atoms with Crippen LogP contribution in [0.1, 0.15) is 35.8 Å². The van der Waals surface area contributed by atoms with Crippen molar-refractivity contribution < 1.29 is 23.9 Å². The number of carbonyl (C=O) groups is 3. The van der Waals surface area contributed by atoms with Crippen LogP contribution >= 0.6 is 15.9 Å². The molecule has 0 saturated heterocycles. The van der Waals surface area contributed by atoms with Crippen molar-refractivity contribution in [2.45, 2.75) is 25.4 Å². The third-order valence-corrected chi connectivity index (χ3v) is 5.28. The maximum Gasteiger partial charge on any atom is 0.342 e. The van der Waals surface area contributed by atoms with Crippen molar-refractivity contribution >= 4 is 33.7 Å². The summed E-state index contributed by atoms with van der Waals surface area (Å²) in [6.07, 6.45) is 1.35. The molecule has 0 spiro atoms. The van der Waals surface area contributed by atoms with Crippen LogP contribution in [0.25, 0.3) is 0 Å². The van der Waals surface area contributed by atoms with E-state index in [1.807, 2.05) is 30.3 Å². The zero-order chi connectivity index (χ0) is 21.7. The van der Waals surface area contributed by atoms with Crippen LogP contribution in [-0.2, 0) is 19.1 Å². The molecule has 1 heterocycles. The Balaban J connectivity index is 2.13. The molecule has 1 atom stereocenters. The summed E-state index contributed by atoms with van der Waals surface area (Å²) in [6, 6.07) is 15.3. The van der Waals surface area contributed by atoms with Crippen LogP contribution in [0.15, 0.2) is 70.7 Å². The summed E-state index contributed by atoms with van der Waals surface area (Å²) in [4.78, 5) is 39.1. The minimum atomic E-state index is -1.90. The molecule has 6 nitrogen and oxygen atoms in total. The lowest BCUT2D eigenvalue weighted by molar-refractivity contribution is -0.162. The quantitative estimate of drug-likeness (QED) is 0.376. The Morgan fingerprint density at radius 3 is 2.03 bits per heavy atom. The van der Waals surface area contributed by atoms with Gasteiger partial charge in [-0.05, 0) is 37.6 Å². The van der Waals surface area contributed by atoms with Crippen LogP contribution < -0.4 is 5.32 Å². The minimum Gasteiger partial charge on any atom is -0.464 e. The van der Waals surface area contributed by atoms with Crippen molar-refractivity contribution in [2.75, 3.05) is 13.2 Å². The molecule has 7 heteroatoms. The molecule has 2 aromatic carbocycles. The smallest absolute Gasteiger partial charge is 0.342 e. The maximum atomic E-state index is 13.3. The second kappa shape index (κ2) is 9.36. The fourth-order valence-electron chi connectivity index (χ4n) is 3.34. The molecular formula is C23H22BrNO5. The first-order valence-electron chi connectivity index (χ1n) is 9.63. The standard InChI is InChI=1S/C23H22BrNO5/c1-3-29-21(27)23(22(28)30-4-2)14-18(20(26)16-8-6-5-7-9-16)19(25-23)15-10-12-17(24)13-11-15/h5-14,19,25H,3-4H2,1-2H3/t19-/m0/s1. The lowest BCUT2D eigenvalue weighted by Crippen LogP contribution is -2.56. The fraction of sp³-hybridized carbons (Fsp3) is 0.261. The first-order chi connectivity index (χ1) is 14.4. The van der Waals surface area contributed by atoms with Crippen LogP contribution in [0.4, 0.5) is 0 Å². The van der Waals surface area contributed by atoms with Gasteiger partial charge in [0.25, 0.3) is 0 Å². The monoisotopic (exact) mass is 471 g/mol. The molecule has 3 rings (SSSR count). The van der Waals surface area contributed by atoms with E-state index >= 15 is 0 Å². The topological polar surface area (TPSA) is 81.7 Å². The summed E-state index contributed by atoms with van der Waals surface area (Å²) in [7, 11) is 0. The van der Waals surface area contributed by atoms with E-state index in [-0.39, 0.29) is 24.6 Å². The van der Waals surface area contributed by atoms with E-state index in [0.717, 1.165) is 10.0 Å². The van der Waals surface area contributed by atoms with E-state index in [1.54, 1.807) is 38.1 Å². The average Bonchev–Trinajstić information content (AvgIpc) is 3.17. The first-order valence-corrected chi connectivity index (χ1v) is 10.4. The van der Waals surface area contributed by atoms with Crippen molar-refractivity contribution in [3.05, 3.63) is 81.8 Å². The predicted octanol–water partition coefficient (Wildman–Crippen LogP) is 3.77. The van der Waals surface area contributed by atoms with E-state index in [1.165, 1.54) is 6.08 Å². The van der Waals surface area contributed by atoms with Crippen LogP contribution in [0.3, 0.4) is 0 Å². The fourth-order valence-corrected chi connectivity index (χ4v) is 3.61. The molecular weight excluding hydrogens is 450 g/mol. The molecule has 1 aliphatic heterocycles. The van der Waals surface area contributed by atoms with Crippen LogP contribution in [0.5, 0.6) is 0 Å². The van der Waals surface area contributed by atoms with Gasteiger partial charge in [0.15, 0.2) is 5.78 Å². The Morgan fingerprint density at radius 2 is 1.50 bits per heavy atom. The van der Waals surface area contributed by atoms with Gasteiger partial charge in [-0.25, -0.2) is 9.59 Å². The van der Waals surface area contributed by atoms with Gasteiger partial charge in [0.1, 0.15) is 0 Å². The summed E-state index contributed by atoms with van der Waals surface area (Å²) in [5.41, 5.74) is -0.436. The lowest BCUT2D eigenvalue weighted by atomic mass is 9.93. The second-order valence-electron chi connectivity index (χ2n) is 6.67. The largest absolute Gasteiger partial charge is 0.464 e. The lowest BCUT2D eigenvalue weighted by Gasteiger charge is -2.26. The zero-order valence-corrected chi connectivity index (χ0v) is 18.3. The van der Waals surface area contributed by atoms with E-state index in [0.29, 0.717) is 5.56 Å². The number of benzene rings is 2. The Bertz CT molecular complexity index is 951. The Labute approximate surface area is 183 Å². The third kappa shape index (κ3) is 4.22. The number of nitrogens with one attached hydrogen (secondary N) is 1. The molecule has 0 amide bonds. The normalized spacial score (nSPS) is 17.2. The van der Waals surface area contributed by atoms with Gasteiger partial charge in [0.05, 0.1) is 19.3 Å². The van der Waals surface area contributed by atoms with Gasteiger partial charge in [0, 0.05) is 15.6 Å². The van der Waals surface area contributed by atoms with Crippen molar-refractivity contribution in [3.63, 3.8) is 0 Å². The molecule has 0 unspecified atom stereocenters. The molecule has 0 aliphatic carbocycles. The van der Waals surface area contributed by atoms with Crippen LogP contribution in [0, 0.1) is 0 Å². The summed E-state index contributed by atoms with van der Waals surface area (Å²) in [5.74, 6) is -1.89. The SMILES string of the molecule is CCOC(=O)C1(C(=O)OCC)C=C(C(=O)c2ccccc2)[C@H](c2ccc(Br)cc2)N1. The highest BCUT2D eigenvalue weighted by Gasteiger charge is 2.54. The average molecular weight is 472 g/mol. The molecule has 0 bridgehead atoms. The zero-order valence-electron chi connectivity index (χ0n) is 16.7. The van der Waals surface area contributed by atoms with Gasteiger partial charge in [-0.2, -0.15) is 0 Å². The summed E-state index contributed by atoms with van der Waals surface area (Å²) in [6.45, 7) is 3.47. The number of esters is 2. The third-order valence-electron chi connectivity index (χ3n) is 4.75. The Hall–Kier alpha value is -2.77. The first kappa shape index (κ1) is 21.9. The van der Waals surface area contributed by atoms with Gasteiger partial charge < -0.3 is 9.47 Å². The molecule has 1 aliphatic rings. The number of rotatable bonds is 7. The number of hydrogen-bond acceptors (Lipinski definition) is 6. The van der Waals surface area contributed by atoms with Crippen molar-refractivity contribution in [1.82, 2.24) is 5.32 Å². The highest BCUT2D eigenvalue weighted by atomic mass is 79.9. The Kier molecular flexibility index (Phi) is 6.84. The number of ether oxygens (including phenoxy) is 2. The van der Waals surface area contributed by atoms with Crippen LogP contribution in [-0.4, -0.2) is 36.5 Å².